The topological polar surface area (TPSA) is 78.0 Å². The van der Waals surface area contributed by atoms with E-state index in [1.54, 1.807) is 24.5 Å². The number of aromatic hydroxyl groups is 1. The van der Waals surface area contributed by atoms with Crippen LogP contribution in [0.1, 0.15) is 22.6 Å². The molecule has 2 aromatic rings. The van der Waals surface area contributed by atoms with Gasteiger partial charge in [-0.15, -0.1) is 0 Å². The fourth-order valence-electron chi connectivity index (χ4n) is 1.61. The second kappa shape index (κ2) is 5.86. The Morgan fingerprint density at radius 3 is 2.78 bits per heavy atom. The molecule has 0 aliphatic carbocycles. The molecule has 0 saturated heterocycles. The van der Waals surface area contributed by atoms with Gasteiger partial charge in [0.05, 0.1) is 0 Å². The predicted molar refractivity (Wildman–Crippen MR) is 67.3 cm³/mol. The summed E-state index contributed by atoms with van der Waals surface area (Å²) in [6.07, 6.45) is 5.13. The highest BCUT2D eigenvalue weighted by molar-refractivity contribution is 5.94. The fraction of sp³-hybridized carbons (Fsp3) is 0.231. The number of hydrogen-bond acceptors (Lipinski definition) is 3. The van der Waals surface area contributed by atoms with Crippen LogP contribution in [0.25, 0.3) is 0 Å². The van der Waals surface area contributed by atoms with E-state index >= 15 is 0 Å². The summed E-state index contributed by atoms with van der Waals surface area (Å²) in [7, 11) is 0. The van der Waals surface area contributed by atoms with Gasteiger partial charge in [-0.2, -0.15) is 0 Å². The van der Waals surface area contributed by atoms with Crippen LogP contribution in [-0.4, -0.2) is 27.5 Å². The maximum Gasteiger partial charge on any atom is 0.251 e. The van der Waals surface area contributed by atoms with Crippen LogP contribution in [0, 0.1) is 0 Å². The summed E-state index contributed by atoms with van der Waals surface area (Å²) in [5, 5.41) is 11.9. The minimum Gasteiger partial charge on any atom is -0.508 e. The van der Waals surface area contributed by atoms with Crippen molar-refractivity contribution in [2.75, 3.05) is 6.54 Å². The van der Waals surface area contributed by atoms with Crippen LogP contribution < -0.4 is 5.32 Å². The summed E-state index contributed by atoms with van der Waals surface area (Å²) in [6, 6.07) is 6.18. The molecule has 0 aliphatic rings. The highest BCUT2D eigenvalue weighted by Crippen LogP contribution is 2.09. The van der Waals surface area contributed by atoms with E-state index in [0.717, 1.165) is 18.7 Å². The van der Waals surface area contributed by atoms with Gasteiger partial charge in [0.1, 0.15) is 11.6 Å². The summed E-state index contributed by atoms with van der Waals surface area (Å²) in [4.78, 5) is 18.8. The quantitative estimate of drug-likeness (QED) is 0.698. The molecule has 5 heteroatoms. The summed E-state index contributed by atoms with van der Waals surface area (Å²) in [6.45, 7) is 0.598. The van der Waals surface area contributed by atoms with Crippen LogP contribution in [0.3, 0.4) is 0 Å². The van der Waals surface area contributed by atoms with Crippen molar-refractivity contribution in [2.45, 2.75) is 12.8 Å². The van der Waals surface area contributed by atoms with E-state index in [9.17, 15) is 4.79 Å². The van der Waals surface area contributed by atoms with Crippen molar-refractivity contribution in [3.05, 3.63) is 48.0 Å². The summed E-state index contributed by atoms with van der Waals surface area (Å²) >= 11 is 0. The third-order valence-electron chi connectivity index (χ3n) is 2.56. The highest BCUT2D eigenvalue weighted by atomic mass is 16.3. The molecule has 0 aliphatic heterocycles. The Hall–Kier alpha value is -2.30. The number of aromatic nitrogens is 2. The van der Waals surface area contributed by atoms with Gasteiger partial charge in [-0.25, -0.2) is 4.98 Å². The first-order valence-electron chi connectivity index (χ1n) is 5.81. The van der Waals surface area contributed by atoms with Crippen LogP contribution in [-0.2, 0) is 6.42 Å². The Labute approximate surface area is 105 Å². The minimum atomic E-state index is -0.130. The molecule has 94 valence electrons. The Kier molecular flexibility index (Phi) is 3.96. The van der Waals surface area contributed by atoms with Gasteiger partial charge in [-0.05, 0) is 30.7 Å². The molecule has 0 bridgehead atoms. The van der Waals surface area contributed by atoms with Gasteiger partial charge < -0.3 is 15.4 Å². The van der Waals surface area contributed by atoms with Gasteiger partial charge in [0.25, 0.3) is 5.91 Å². The molecule has 0 atom stereocenters. The molecule has 0 radical (unpaired) electrons. The zero-order chi connectivity index (χ0) is 12.8. The number of nitrogens with zero attached hydrogens (tertiary/aromatic N) is 1. The zero-order valence-electron chi connectivity index (χ0n) is 9.89. The lowest BCUT2D eigenvalue weighted by Gasteiger charge is -2.04. The third-order valence-corrected chi connectivity index (χ3v) is 2.56. The normalized spacial score (nSPS) is 10.2. The molecule has 3 N–H and O–H groups in total. The minimum absolute atomic E-state index is 0.130. The van der Waals surface area contributed by atoms with E-state index in [2.05, 4.69) is 15.3 Å². The second-order valence-corrected chi connectivity index (χ2v) is 3.94. The number of H-pyrrole nitrogens is 1. The molecule has 0 saturated carbocycles. The number of carbonyl (C=O) groups excluding carboxylic acids is 1. The zero-order valence-corrected chi connectivity index (χ0v) is 9.89. The van der Waals surface area contributed by atoms with Crippen LogP contribution in [0.2, 0.25) is 0 Å². The molecule has 0 unspecified atom stereocenters. The van der Waals surface area contributed by atoms with Crippen molar-refractivity contribution in [1.82, 2.24) is 15.3 Å². The summed E-state index contributed by atoms with van der Waals surface area (Å²) in [5.41, 5.74) is 0.547. The number of amides is 1. The van der Waals surface area contributed by atoms with Crippen molar-refractivity contribution >= 4 is 5.91 Å². The van der Waals surface area contributed by atoms with E-state index in [1.807, 2.05) is 0 Å². The SMILES string of the molecule is O=C(NCCCc1ncc[nH]1)c1ccc(O)cc1. The number of benzene rings is 1. The van der Waals surface area contributed by atoms with Crippen LogP contribution in [0.15, 0.2) is 36.7 Å². The number of aryl methyl sites for hydroxylation is 1. The molecule has 1 aromatic heterocycles. The molecule has 0 fully saturated rings. The third kappa shape index (κ3) is 3.35. The first kappa shape index (κ1) is 12.2. The predicted octanol–water partition coefficient (Wildman–Crippen LogP) is 1.48. The van der Waals surface area contributed by atoms with Gasteiger partial charge >= 0.3 is 0 Å². The molecule has 1 amide bonds. The van der Waals surface area contributed by atoms with Crippen molar-refractivity contribution in [1.29, 1.82) is 0 Å². The molecular formula is C13H15N3O2. The first-order valence-corrected chi connectivity index (χ1v) is 5.81. The molecule has 0 spiro atoms. The van der Waals surface area contributed by atoms with Crippen molar-refractivity contribution in [3.63, 3.8) is 0 Å². The maximum absolute atomic E-state index is 11.7. The van der Waals surface area contributed by atoms with E-state index < -0.39 is 0 Å². The number of nitrogens with one attached hydrogen (secondary N) is 2. The average molecular weight is 245 g/mol. The van der Waals surface area contributed by atoms with Crippen molar-refractivity contribution < 1.29 is 9.90 Å². The lowest BCUT2D eigenvalue weighted by Crippen LogP contribution is -2.24. The van der Waals surface area contributed by atoms with Gasteiger partial charge in [-0.1, -0.05) is 0 Å². The lowest BCUT2D eigenvalue weighted by molar-refractivity contribution is 0.0953. The van der Waals surface area contributed by atoms with E-state index in [4.69, 9.17) is 5.11 Å². The van der Waals surface area contributed by atoms with Crippen molar-refractivity contribution in [3.8, 4) is 5.75 Å². The standard InChI is InChI=1S/C13H15N3O2/c17-11-5-3-10(4-6-11)13(18)16-7-1-2-12-14-8-9-15-12/h3-6,8-9,17H,1-2,7H2,(H,14,15)(H,16,18). The van der Waals surface area contributed by atoms with Crippen molar-refractivity contribution in [2.24, 2.45) is 0 Å². The molecule has 2 rings (SSSR count). The van der Waals surface area contributed by atoms with E-state index in [1.165, 1.54) is 12.1 Å². The number of aromatic amines is 1. The molecule has 1 heterocycles. The second-order valence-electron chi connectivity index (χ2n) is 3.94. The summed E-state index contributed by atoms with van der Waals surface area (Å²) in [5.74, 6) is 0.952. The number of rotatable bonds is 5. The smallest absolute Gasteiger partial charge is 0.251 e. The fourth-order valence-corrected chi connectivity index (χ4v) is 1.61. The largest absolute Gasteiger partial charge is 0.508 e. The van der Waals surface area contributed by atoms with Crippen LogP contribution in [0.5, 0.6) is 5.75 Å². The lowest BCUT2D eigenvalue weighted by atomic mass is 10.2. The Balaban J connectivity index is 1.73. The Bertz CT molecular complexity index is 491. The molecule has 1 aromatic carbocycles. The number of imidazole rings is 1. The number of phenolic OH excluding ortho intramolecular Hbond substituents is 1. The highest BCUT2D eigenvalue weighted by Gasteiger charge is 2.04. The van der Waals surface area contributed by atoms with E-state index in [0.29, 0.717) is 12.1 Å². The van der Waals surface area contributed by atoms with Crippen LogP contribution >= 0.6 is 0 Å². The molecular weight excluding hydrogens is 230 g/mol. The van der Waals surface area contributed by atoms with Gasteiger partial charge in [0.2, 0.25) is 0 Å². The number of hydrogen-bond donors (Lipinski definition) is 3. The average Bonchev–Trinajstić information content (AvgIpc) is 2.88. The Morgan fingerprint density at radius 2 is 2.11 bits per heavy atom. The molecule has 18 heavy (non-hydrogen) atoms. The van der Waals surface area contributed by atoms with Gasteiger partial charge in [0, 0.05) is 30.9 Å². The number of phenols is 1. The Morgan fingerprint density at radius 1 is 1.33 bits per heavy atom. The van der Waals surface area contributed by atoms with Crippen LogP contribution in [0.4, 0.5) is 0 Å². The number of carbonyl (C=O) groups is 1. The summed E-state index contributed by atoms with van der Waals surface area (Å²) < 4.78 is 0. The van der Waals surface area contributed by atoms with E-state index in [-0.39, 0.29) is 11.7 Å². The van der Waals surface area contributed by atoms with Gasteiger partial charge in [0.15, 0.2) is 0 Å². The molecule has 5 nitrogen and oxygen atoms in total. The van der Waals surface area contributed by atoms with Gasteiger partial charge in [-0.3, -0.25) is 4.79 Å². The monoisotopic (exact) mass is 245 g/mol. The maximum atomic E-state index is 11.7. The first-order chi connectivity index (χ1) is 8.75.